The Morgan fingerprint density at radius 2 is 1.97 bits per heavy atom. The molecule has 0 aromatic heterocycles. The van der Waals surface area contributed by atoms with E-state index in [1.54, 1.807) is 6.92 Å². The van der Waals surface area contributed by atoms with Crippen LogP contribution in [0.25, 0.3) is 0 Å². The van der Waals surface area contributed by atoms with Gasteiger partial charge in [-0.1, -0.05) is 41.0 Å². The zero-order chi connectivity index (χ0) is 23.2. The first-order valence-corrected chi connectivity index (χ1v) is 11.7. The maximum Gasteiger partial charge on any atom is 0.343 e. The number of fused-ring (bicyclic) bond motifs is 1. The maximum absolute atomic E-state index is 12.6. The summed E-state index contributed by atoms with van der Waals surface area (Å²) in [5, 5.41) is 26.4. The summed E-state index contributed by atoms with van der Waals surface area (Å²) in [5.74, 6) is 0.0262. The molecule has 0 radical (unpaired) electrons. The van der Waals surface area contributed by atoms with Crippen LogP contribution in [-0.4, -0.2) is 53.4 Å². The van der Waals surface area contributed by atoms with Gasteiger partial charge < -0.3 is 24.8 Å². The predicted molar refractivity (Wildman–Crippen MR) is 113 cm³/mol. The lowest BCUT2D eigenvalue weighted by molar-refractivity contribution is -0.176. The molecule has 6 nitrogen and oxygen atoms in total. The van der Waals surface area contributed by atoms with E-state index in [2.05, 4.69) is 13.8 Å². The summed E-state index contributed by atoms with van der Waals surface area (Å²) in [4.78, 5) is 12.6. The van der Waals surface area contributed by atoms with Gasteiger partial charge in [-0.15, -0.1) is 0 Å². The molecule has 0 amide bonds. The molecular weight excluding hydrogens is 384 g/mol. The molecule has 3 aliphatic rings. The summed E-state index contributed by atoms with van der Waals surface area (Å²) in [7, 11) is 0. The molecule has 1 heterocycles. The van der Waals surface area contributed by atoms with E-state index < -0.39 is 35.3 Å². The quantitative estimate of drug-likeness (QED) is 0.539. The topological polar surface area (TPSA) is 96.2 Å². The van der Waals surface area contributed by atoms with E-state index in [0.29, 0.717) is 18.3 Å². The Bertz CT molecular complexity index is 650. The minimum Gasteiger partial charge on any atom is -0.433 e. The van der Waals surface area contributed by atoms with Crippen molar-refractivity contribution in [1.82, 2.24) is 0 Å². The Morgan fingerprint density at radius 3 is 2.53 bits per heavy atom. The van der Waals surface area contributed by atoms with Crippen LogP contribution in [0.2, 0.25) is 0 Å². The van der Waals surface area contributed by atoms with Gasteiger partial charge in [0.15, 0.2) is 5.60 Å². The monoisotopic (exact) mass is 428 g/mol. The van der Waals surface area contributed by atoms with E-state index >= 15 is 0 Å². The standard InChI is InChI=1S/C24H42O6/c1-14(16-9-10-17-18(26)8-7-11-23(16,17)5)12-15(13-25)19(27)24(6)20(28)29-21(30-24)22(2,3)4/h14-19,21,25-27H,7-13H2,1-6H3/t14-,15-,16-,17?,18+,19?,21-,23-,24-/m1/s1/i26T. The van der Waals surface area contributed by atoms with E-state index in [0.717, 1.165) is 32.1 Å². The Morgan fingerprint density at radius 1 is 1.27 bits per heavy atom. The van der Waals surface area contributed by atoms with E-state index in [4.69, 9.17) is 16.0 Å². The van der Waals surface area contributed by atoms with Gasteiger partial charge in [-0.3, -0.25) is 0 Å². The molecule has 174 valence electrons. The Labute approximate surface area is 182 Å². The van der Waals surface area contributed by atoms with Gasteiger partial charge in [-0.2, -0.15) is 0 Å². The summed E-state index contributed by atoms with van der Waals surface area (Å²) < 4.78 is 18.9. The second-order valence-electron chi connectivity index (χ2n) is 11.7. The Hall–Kier alpha value is -0.690. The van der Waals surface area contributed by atoms with Crippen LogP contribution in [0.1, 0.15) is 80.1 Å². The average Bonchev–Trinajstić information content (AvgIpc) is 3.22. The Balaban J connectivity index is 1.71. The lowest BCUT2D eigenvalue weighted by Crippen LogP contribution is -2.51. The fourth-order valence-electron chi connectivity index (χ4n) is 6.54. The molecule has 3 fully saturated rings. The molecule has 3 rings (SSSR count). The number of aliphatic hydroxyl groups excluding tert-OH is 3. The number of hydrogen-bond acceptors (Lipinski definition) is 6. The number of hydrogen-bond donors (Lipinski definition) is 3. The molecule has 9 atom stereocenters. The molecule has 2 saturated carbocycles. The van der Waals surface area contributed by atoms with Crippen LogP contribution >= 0.6 is 0 Å². The predicted octanol–water partition coefficient (Wildman–Crippen LogP) is 3.26. The normalized spacial score (nSPS) is 42.9. The smallest absolute Gasteiger partial charge is 0.343 e. The zero-order valence-electron chi connectivity index (χ0n) is 20.5. The number of carbonyl (C=O) groups excluding carboxylic acids is 1. The second kappa shape index (κ2) is 8.34. The summed E-state index contributed by atoms with van der Waals surface area (Å²) >= 11 is 0. The molecule has 0 spiro atoms. The van der Waals surface area contributed by atoms with Gasteiger partial charge in [0.2, 0.25) is 7.72 Å². The van der Waals surface area contributed by atoms with Crippen LogP contribution in [0.4, 0.5) is 0 Å². The summed E-state index contributed by atoms with van der Waals surface area (Å²) in [6.45, 7) is 11.6. The van der Waals surface area contributed by atoms with Crippen molar-refractivity contribution >= 4 is 5.97 Å². The molecule has 1 saturated heterocycles. The number of esters is 1. The van der Waals surface area contributed by atoms with Gasteiger partial charge in [0.05, 0.1) is 12.2 Å². The van der Waals surface area contributed by atoms with Crippen LogP contribution in [0.3, 0.4) is 0 Å². The first-order chi connectivity index (χ1) is 14.4. The molecular formula is C24H42O6. The van der Waals surface area contributed by atoms with E-state index in [-0.39, 0.29) is 24.0 Å². The molecule has 30 heavy (non-hydrogen) atoms. The largest absolute Gasteiger partial charge is 0.433 e. The zero-order valence-corrected chi connectivity index (χ0v) is 19.5. The highest BCUT2D eigenvalue weighted by molar-refractivity contribution is 5.81. The van der Waals surface area contributed by atoms with Crippen LogP contribution in [0.5, 0.6) is 0 Å². The van der Waals surface area contributed by atoms with Gasteiger partial charge >= 0.3 is 5.97 Å². The fourth-order valence-corrected chi connectivity index (χ4v) is 6.54. The molecule has 1 aliphatic heterocycles. The average molecular weight is 429 g/mol. The highest BCUT2D eigenvalue weighted by atomic mass is 16.8. The van der Waals surface area contributed by atoms with Crippen LogP contribution in [-0.2, 0) is 14.3 Å². The lowest BCUT2D eigenvalue weighted by Gasteiger charge is -2.46. The minimum atomic E-state index is -1.48. The third-order valence-corrected chi connectivity index (χ3v) is 8.42. The minimum absolute atomic E-state index is 0.00470. The van der Waals surface area contributed by atoms with Crippen molar-refractivity contribution < 1.29 is 29.6 Å². The third-order valence-electron chi connectivity index (χ3n) is 8.42. The molecule has 2 aliphatic carbocycles. The highest BCUT2D eigenvalue weighted by Crippen LogP contribution is 2.58. The summed E-state index contributed by atoms with van der Waals surface area (Å²) in [6, 6.07) is 0. The number of carbonyl (C=O) groups is 1. The van der Waals surface area contributed by atoms with Crippen LogP contribution in [0.15, 0.2) is 0 Å². The van der Waals surface area contributed by atoms with Crippen LogP contribution in [0, 0.1) is 34.5 Å². The number of rotatable bonds is 7. The molecule has 6 heteroatoms. The number of ether oxygens (including phenoxy) is 2. The van der Waals surface area contributed by atoms with Crippen LogP contribution < -0.4 is 0 Å². The highest BCUT2D eigenvalue weighted by Gasteiger charge is 2.57. The molecule has 0 aromatic rings. The summed E-state index contributed by atoms with van der Waals surface area (Å²) in [5.41, 5.74) is -1.78. The number of cyclic esters (lactones) is 1. The number of aliphatic hydroxyl groups is 3. The van der Waals surface area contributed by atoms with Crippen molar-refractivity contribution in [1.29, 1.82) is 1.43 Å². The molecule has 0 aromatic carbocycles. The first-order valence-electron chi connectivity index (χ1n) is 12.1. The van der Waals surface area contributed by atoms with Crippen molar-refractivity contribution in [2.75, 3.05) is 6.61 Å². The molecule has 2 unspecified atom stereocenters. The Kier molecular flexibility index (Phi) is 6.26. The fraction of sp³-hybridized carbons (Fsp3) is 0.958. The first kappa shape index (κ1) is 22.5. The maximum atomic E-state index is 12.6. The van der Waals surface area contributed by atoms with Gasteiger partial charge in [0.25, 0.3) is 0 Å². The van der Waals surface area contributed by atoms with Crippen molar-refractivity contribution in [3.8, 4) is 0 Å². The summed E-state index contributed by atoms with van der Waals surface area (Å²) in [6.07, 6.45) is 4.00. The second-order valence-corrected chi connectivity index (χ2v) is 11.7. The van der Waals surface area contributed by atoms with Crippen molar-refractivity contribution in [2.45, 2.75) is 104 Å². The lowest BCUT2D eigenvalue weighted by atomic mass is 9.61. The third kappa shape index (κ3) is 4.05. The van der Waals surface area contributed by atoms with Gasteiger partial charge in [0, 0.05) is 17.9 Å². The molecule has 3 N–H and O–H groups in total. The molecule has 0 bridgehead atoms. The van der Waals surface area contributed by atoms with Gasteiger partial charge in [-0.25, -0.2) is 4.79 Å². The van der Waals surface area contributed by atoms with E-state index in [1.807, 2.05) is 20.8 Å². The van der Waals surface area contributed by atoms with E-state index in [9.17, 15) is 15.0 Å². The van der Waals surface area contributed by atoms with Crippen molar-refractivity contribution in [2.24, 2.45) is 34.5 Å². The van der Waals surface area contributed by atoms with Crippen molar-refractivity contribution in [3.05, 3.63) is 0 Å². The van der Waals surface area contributed by atoms with Crippen molar-refractivity contribution in [3.63, 3.8) is 0 Å². The van der Waals surface area contributed by atoms with Gasteiger partial charge in [-0.05, 0) is 62.2 Å². The SMILES string of the molecule is [3H]O[C@H]1CCC[C@@]2(C)C1CC[C@@H]2[C@H](C)C[C@H](CO)C(O)[C@@]1(C)O[C@H](C(C)(C)C)OC1=O. The van der Waals surface area contributed by atoms with E-state index in [1.165, 1.54) is 0 Å². The van der Waals surface area contributed by atoms with Gasteiger partial charge in [0.1, 0.15) is 0 Å².